The second-order valence-corrected chi connectivity index (χ2v) is 5.12. The number of nitrogens with one attached hydrogen (secondary N) is 2. The molecule has 0 aromatic heterocycles. The highest BCUT2D eigenvalue weighted by Crippen LogP contribution is 2.10. The molecule has 2 N–H and O–H groups in total. The fourth-order valence-corrected chi connectivity index (χ4v) is 1.81. The lowest BCUT2D eigenvalue weighted by atomic mass is 10.1. The summed E-state index contributed by atoms with van der Waals surface area (Å²) in [5.74, 6) is 0.880. The SMILES string of the molecule is CCC(C)NC(=NC)NCCCc1ccc(Cl)cc1.I. The molecule has 0 saturated carbocycles. The number of nitrogens with zero attached hydrogens (tertiary/aromatic N) is 1. The Hall–Kier alpha value is -0.490. The lowest BCUT2D eigenvalue weighted by Crippen LogP contribution is -2.42. The third-order valence-corrected chi connectivity index (χ3v) is 3.32. The molecule has 1 rings (SSSR count). The number of benzene rings is 1. The van der Waals surface area contributed by atoms with Gasteiger partial charge in [-0.3, -0.25) is 4.99 Å². The molecule has 0 radical (unpaired) electrons. The first-order valence-corrected chi connectivity index (χ1v) is 7.25. The third kappa shape index (κ3) is 7.94. The second-order valence-electron chi connectivity index (χ2n) is 4.68. The van der Waals surface area contributed by atoms with Gasteiger partial charge in [0.2, 0.25) is 0 Å². The molecule has 0 aliphatic heterocycles. The van der Waals surface area contributed by atoms with E-state index >= 15 is 0 Å². The Bertz CT molecular complexity index is 393. The zero-order chi connectivity index (χ0) is 14.1. The maximum atomic E-state index is 5.86. The maximum Gasteiger partial charge on any atom is 0.191 e. The van der Waals surface area contributed by atoms with Gasteiger partial charge in [-0.05, 0) is 43.9 Å². The lowest BCUT2D eigenvalue weighted by Gasteiger charge is -2.16. The van der Waals surface area contributed by atoms with Crippen LogP contribution in [0.15, 0.2) is 29.3 Å². The summed E-state index contributed by atoms with van der Waals surface area (Å²) in [6.45, 7) is 5.23. The molecule has 3 nitrogen and oxygen atoms in total. The van der Waals surface area contributed by atoms with Gasteiger partial charge in [-0.25, -0.2) is 0 Å². The van der Waals surface area contributed by atoms with Gasteiger partial charge < -0.3 is 10.6 Å². The largest absolute Gasteiger partial charge is 0.356 e. The molecule has 0 saturated heterocycles. The van der Waals surface area contributed by atoms with Crippen molar-refractivity contribution in [2.45, 2.75) is 39.2 Å². The van der Waals surface area contributed by atoms with Crippen molar-refractivity contribution in [2.24, 2.45) is 4.99 Å². The van der Waals surface area contributed by atoms with E-state index in [2.05, 4.69) is 41.6 Å². The fraction of sp³-hybridized carbons (Fsp3) is 0.533. The van der Waals surface area contributed by atoms with Gasteiger partial charge in [0.05, 0.1) is 0 Å². The van der Waals surface area contributed by atoms with Crippen LogP contribution >= 0.6 is 35.6 Å². The molecule has 0 spiro atoms. The van der Waals surface area contributed by atoms with Crippen molar-refractivity contribution in [1.29, 1.82) is 0 Å². The predicted molar refractivity (Wildman–Crippen MR) is 99.4 cm³/mol. The van der Waals surface area contributed by atoms with Crippen LogP contribution in [0.3, 0.4) is 0 Å². The highest BCUT2D eigenvalue weighted by atomic mass is 127. The Labute approximate surface area is 144 Å². The molecule has 0 amide bonds. The normalized spacial score (nSPS) is 12.5. The van der Waals surface area contributed by atoms with Crippen molar-refractivity contribution in [3.8, 4) is 0 Å². The molecule has 1 atom stereocenters. The number of aryl methyl sites for hydroxylation is 1. The van der Waals surface area contributed by atoms with E-state index in [9.17, 15) is 0 Å². The van der Waals surface area contributed by atoms with E-state index in [4.69, 9.17) is 11.6 Å². The molecule has 5 heteroatoms. The summed E-state index contributed by atoms with van der Waals surface area (Å²) in [5, 5.41) is 7.46. The van der Waals surface area contributed by atoms with Gasteiger partial charge in [-0.2, -0.15) is 0 Å². The Kier molecular flexibility index (Phi) is 10.9. The number of guanidine groups is 1. The fourth-order valence-electron chi connectivity index (χ4n) is 1.68. The minimum absolute atomic E-state index is 0. The first-order valence-electron chi connectivity index (χ1n) is 6.87. The first-order chi connectivity index (χ1) is 9.15. The van der Waals surface area contributed by atoms with Crippen LogP contribution < -0.4 is 10.6 Å². The zero-order valence-electron chi connectivity index (χ0n) is 12.4. The van der Waals surface area contributed by atoms with Crippen LogP contribution in [0.25, 0.3) is 0 Å². The number of rotatable bonds is 6. The van der Waals surface area contributed by atoms with Gasteiger partial charge in [0.25, 0.3) is 0 Å². The molecule has 1 aromatic rings. The van der Waals surface area contributed by atoms with Crippen LogP contribution in [0.2, 0.25) is 5.02 Å². The summed E-state index contributed by atoms with van der Waals surface area (Å²) in [5.41, 5.74) is 1.32. The quantitative estimate of drug-likeness (QED) is 0.324. The highest BCUT2D eigenvalue weighted by Gasteiger charge is 2.01. The number of hydrogen-bond acceptors (Lipinski definition) is 1. The number of halogens is 2. The number of aliphatic imine (C=N–C) groups is 1. The Morgan fingerprint density at radius 1 is 1.30 bits per heavy atom. The molecule has 0 aliphatic rings. The van der Waals surface area contributed by atoms with Crippen molar-refractivity contribution in [2.75, 3.05) is 13.6 Å². The Morgan fingerprint density at radius 2 is 1.95 bits per heavy atom. The minimum Gasteiger partial charge on any atom is -0.356 e. The van der Waals surface area contributed by atoms with Gasteiger partial charge in [-0.1, -0.05) is 30.7 Å². The van der Waals surface area contributed by atoms with Crippen LogP contribution in [0, 0.1) is 0 Å². The highest BCUT2D eigenvalue weighted by molar-refractivity contribution is 14.0. The number of hydrogen-bond donors (Lipinski definition) is 2. The minimum atomic E-state index is 0. The van der Waals surface area contributed by atoms with Crippen LogP contribution in [0.1, 0.15) is 32.3 Å². The summed E-state index contributed by atoms with van der Waals surface area (Å²) < 4.78 is 0. The van der Waals surface area contributed by atoms with Crippen LogP contribution in [0.4, 0.5) is 0 Å². The van der Waals surface area contributed by atoms with Crippen molar-refractivity contribution in [3.05, 3.63) is 34.9 Å². The molecule has 0 bridgehead atoms. The first kappa shape index (κ1) is 19.5. The van der Waals surface area contributed by atoms with Crippen molar-refractivity contribution >= 4 is 41.5 Å². The third-order valence-electron chi connectivity index (χ3n) is 3.07. The van der Waals surface area contributed by atoms with Crippen LogP contribution in [-0.4, -0.2) is 25.6 Å². The van der Waals surface area contributed by atoms with E-state index in [1.54, 1.807) is 7.05 Å². The lowest BCUT2D eigenvalue weighted by molar-refractivity contribution is 0.620. The van der Waals surface area contributed by atoms with E-state index in [1.165, 1.54) is 5.56 Å². The van der Waals surface area contributed by atoms with Crippen LogP contribution in [-0.2, 0) is 6.42 Å². The van der Waals surface area contributed by atoms with E-state index in [-0.39, 0.29) is 24.0 Å². The summed E-state index contributed by atoms with van der Waals surface area (Å²) in [6.07, 6.45) is 3.21. The Balaban J connectivity index is 0.00000361. The average molecular weight is 410 g/mol. The van der Waals surface area contributed by atoms with E-state index in [0.717, 1.165) is 36.8 Å². The van der Waals surface area contributed by atoms with Gasteiger partial charge >= 0.3 is 0 Å². The van der Waals surface area contributed by atoms with E-state index in [0.29, 0.717) is 6.04 Å². The monoisotopic (exact) mass is 409 g/mol. The summed E-state index contributed by atoms with van der Waals surface area (Å²) >= 11 is 5.86. The molecule has 114 valence electrons. The van der Waals surface area contributed by atoms with Crippen molar-refractivity contribution in [3.63, 3.8) is 0 Å². The maximum absolute atomic E-state index is 5.86. The molecule has 20 heavy (non-hydrogen) atoms. The van der Waals surface area contributed by atoms with Gasteiger partial charge in [0, 0.05) is 24.7 Å². The predicted octanol–water partition coefficient (Wildman–Crippen LogP) is 3.85. The summed E-state index contributed by atoms with van der Waals surface area (Å²) in [7, 11) is 1.80. The molecular weight excluding hydrogens is 385 g/mol. The van der Waals surface area contributed by atoms with Gasteiger partial charge in [0.15, 0.2) is 5.96 Å². The molecule has 0 aliphatic carbocycles. The van der Waals surface area contributed by atoms with Gasteiger partial charge in [0.1, 0.15) is 0 Å². The topological polar surface area (TPSA) is 36.4 Å². The Morgan fingerprint density at radius 3 is 2.50 bits per heavy atom. The molecule has 1 aromatic carbocycles. The van der Waals surface area contributed by atoms with E-state index < -0.39 is 0 Å². The summed E-state index contributed by atoms with van der Waals surface area (Å²) in [6, 6.07) is 8.48. The second kappa shape index (κ2) is 11.2. The molecule has 1 unspecified atom stereocenters. The smallest absolute Gasteiger partial charge is 0.191 e. The molecule has 0 heterocycles. The van der Waals surface area contributed by atoms with E-state index in [1.807, 2.05) is 12.1 Å². The average Bonchev–Trinajstić information content (AvgIpc) is 2.43. The van der Waals surface area contributed by atoms with Crippen molar-refractivity contribution < 1.29 is 0 Å². The van der Waals surface area contributed by atoms with Crippen molar-refractivity contribution in [1.82, 2.24) is 10.6 Å². The van der Waals surface area contributed by atoms with Gasteiger partial charge in [-0.15, -0.1) is 24.0 Å². The molecular formula is C15H25ClIN3. The zero-order valence-corrected chi connectivity index (χ0v) is 15.5. The standard InChI is InChI=1S/C15H24ClN3.HI/c1-4-12(2)19-15(17-3)18-11-5-6-13-7-9-14(16)10-8-13;/h7-10,12H,4-6,11H2,1-3H3,(H2,17,18,19);1H. The van der Waals surface area contributed by atoms with Crippen LogP contribution in [0.5, 0.6) is 0 Å². The molecule has 0 fully saturated rings. The summed E-state index contributed by atoms with van der Waals surface area (Å²) in [4.78, 5) is 4.21.